The number of ketones is 1. The van der Waals surface area contributed by atoms with Crippen LogP contribution in [0.15, 0.2) is 11.2 Å². The van der Waals surface area contributed by atoms with Crippen LogP contribution < -0.4 is 0 Å². The lowest BCUT2D eigenvalue weighted by molar-refractivity contribution is -0.165. The largest absolute Gasteiger partial charge is 0.455 e. The molecule has 0 N–H and O–H groups in total. The Hall–Kier alpha value is -0.710. The van der Waals surface area contributed by atoms with E-state index in [0.717, 1.165) is 6.20 Å². The number of rotatable bonds is 2. The van der Waals surface area contributed by atoms with E-state index in [2.05, 4.69) is 0 Å². The molecular weight excluding hydrogens is 195 g/mol. The average molecular weight is 202 g/mol. The fraction of sp³-hybridized carbons (Fsp3) is 0.500. The van der Waals surface area contributed by atoms with Gasteiger partial charge < -0.3 is 4.90 Å². The number of nitrogens with zero attached hydrogens (tertiary/aromatic N) is 1. The van der Waals surface area contributed by atoms with Gasteiger partial charge in [0.05, 0.1) is 0 Å². The van der Waals surface area contributed by atoms with E-state index in [0.29, 0.717) is 0 Å². The molecule has 0 aromatic heterocycles. The second-order valence-corrected chi connectivity index (χ2v) is 2.67. The summed E-state index contributed by atoms with van der Waals surface area (Å²) in [5, 5.41) is -0.840. The summed E-state index contributed by atoms with van der Waals surface area (Å²) in [5.41, 5.74) is 0. The quantitative estimate of drug-likeness (QED) is 0.635. The maximum atomic E-state index is 11.7. The fourth-order valence-electron chi connectivity index (χ4n) is 0.421. The van der Waals surface area contributed by atoms with Crippen molar-refractivity contribution in [3.8, 4) is 0 Å². The molecule has 0 spiro atoms. The highest BCUT2D eigenvalue weighted by atomic mass is 35.5. The van der Waals surface area contributed by atoms with Crippen molar-refractivity contribution in [1.82, 2.24) is 4.90 Å². The normalized spacial score (nSPS) is 13.0. The van der Waals surface area contributed by atoms with Crippen LogP contribution in [0.1, 0.15) is 0 Å². The van der Waals surface area contributed by atoms with Crippen LogP contribution >= 0.6 is 11.6 Å². The Morgan fingerprint density at radius 2 is 1.83 bits per heavy atom. The highest BCUT2D eigenvalue weighted by Gasteiger charge is 2.40. The van der Waals surface area contributed by atoms with E-state index in [1.54, 1.807) is 0 Å². The minimum absolute atomic E-state index is 0.840. The SMILES string of the molecule is CN(C)/C=C(\Cl)C(=O)C(F)(F)F. The lowest BCUT2D eigenvalue weighted by Crippen LogP contribution is -2.23. The minimum atomic E-state index is -4.90. The van der Waals surface area contributed by atoms with Crippen LogP contribution in [0.3, 0.4) is 0 Å². The van der Waals surface area contributed by atoms with Crippen molar-refractivity contribution in [3.05, 3.63) is 11.2 Å². The molecule has 0 amide bonds. The molecule has 0 unspecified atom stereocenters. The van der Waals surface area contributed by atoms with Crippen molar-refractivity contribution >= 4 is 17.4 Å². The monoisotopic (exact) mass is 201 g/mol. The summed E-state index contributed by atoms with van der Waals surface area (Å²) >= 11 is 5.06. The molecule has 0 fully saturated rings. The summed E-state index contributed by atoms with van der Waals surface area (Å²) < 4.78 is 35.0. The number of halogens is 4. The van der Waals surface area contributed by atoms with Gasteiger partial charge in [-0.3, -0.25) is 4.79 Å². The van der Waals surface area contributed by atoms with Crippen LogP contribution in [0.5, 0.6) is 0 Å². The van der Waals surface area contributed by atoms with E-state index in [1.165, 1.54) is 19.0 Å². The number of alkyl halides is 3. The number of carbonyl (C=O) groups is 1. The van der Waals surface area contributed by atoms with Gasteiger partial charge in [-0.25, -0.2) is 0 Å². The second-order valence-electron chi connectivity index (χ2n) is 2.27. The standard InChI is InChI=1S/C6H7ClF3NO/c1-11(2)3-4(7)5(12)6(8,9)10/h3H,1-2H3/b4-3-. The summed E-state index contributed by atoms with van der Waals surface area (Å²) in [6.45, 7) is 0. The van der Waals surface area contributed by atoms with Gasteiger partial charge in [-0.1, -0.05) is 11.6 Å². The molecule has 6 heteroatoms. The summed E-state index contributed by atoms with van der Waals surface area (Å²) in [6, 6.07) is 0. The predicted octanol–water partition coefficient (Wildman–Crippen LogP) is 1.76. The van der Waals surface area contributed by atoms with Crippen LogP contribution in [0.4, 0.5) is 13.2 Å². The maximum Gasteiger partial charge on any atom is 0.455 e. The van der Waals surface area contributed by atoms with E-state index in [4.69, 9.17) is 11.6 Å². The Balaban J connectivity index is 4.51. The van der Waals surface area contributed by atoms with Gasteiger partial charge in [0.2, 0.25) is 0 Å². The number of hydrogen-bond donors (Lipinski definition) is 0. The molecule has 0 atom stereocenters. The molecule has 0 rings (SSSR count). The second kappa shape index (κ2) is 3.80. The molecule has 70 valence electrons. The number of carbonyl (C=O) groups excluding carboxylic acids is 1. The van der Waals surface area contributed by atoms with Gasteiger partial charge in [0.15, 0.2) is 0 Å². The molecule has 0 radical (unpaired) electrons. The number of Topliss-reactive ketones (excluding diaryl/α,β-unsaturated/α-hetero) is 1. The Labute approximate surface area is 72.6 Å². The molecule has 0 saturated carbocycles. The summed E-state index contributed by atoms with van der Waals surface area (Å²) in [4.78, 5) is 11.6. The Morgan fingerprint density at radius 3 is 2.08 bits per heavy atom. The molecule has 0 aliphatic carbocycles. The first-order valence-electron chi connectivity index (χ1n) is 2.90. The van der Waals surface area contributed by atoms with Gasteiger partial charge in [-0.2, -0.15) is 13.2 Å². The third kappa shape index (κ3) is 3.61. The Kier molecular flexibility index (Phi) is 3.57. The zero-order valence-electron chi connectivity index (χ0n) is 6.44. The molecular formula is C6H7ClF3NO. The third-order valence-electron chi connectivity index (χ3n) is 0.846. The molecule has 0 saturated heterocycles. The maximum absolute atomic E-state index is 11.7. The predicted molar refractivity (Wildman–Crippen MR) is 38.7 cm³/mol. The topological polar surface area (TPSA) is 20.3 Å². The van der Waals surface area contributed by atoms with Crippen molar-refractivity contribution in [2.45, 2.75) is 6.18 Å². The number of hydrogen-bond acceptors (Lipinski definition) is 2. The van der Waals surface area contributed by atoms with Gasteiger partial charge in [0, 0.05) is 20.3 Å². The summed E-state index contributed by atoms with van der Waals surface area (Å²) in [6.07, 6.45) is -4.00. The van der Waals surface area contributed by atoms with Crippen molar-refractivity contribution in [2.24, 2.45) is 0 Å². The highest BCUT2D eigenvalue weighted by Crippen LogP contribution is 2.22. The van der Waals surface area contributed by atoms with Gasteiger partial charge in [0.1, 0.15) is 5.03 Å². The van der Waals surface area contributed by atoms with Gasteiger partial charge in [-0.05, 0) is 0 Å². The highest BCUT2D eigenvalue weighted by molar-refractivity contribution is 6.43. The molecule has 0 bridgehead atoms. The van der Waals surface area contributed by atoms with E-state index in [9.17, 15) is 18.0 Å². The van der Waals surface area contributed by atoms with Crippen LogP contribution in [-0.4, -0.2) is 31.0 Å². The Bertz CT molecular complexity index is 209. The Morgan fingerprint density at radius 1 is 1.42 bits per heavy atom. The first-order chi connectivity index (χ1) is 5.25. The van der Waals surface area contributed by atoms with Crippen molar-refractivity contribution in [3.63, 3.8) is 0 Å². The zero-order chi connectivity index (χ0) is 9.94. The van der Waals surface area contributed by atoms with E-state index in [1.807, 2.05) is 0 Å². The summed E-state index contributed by atoms with van der Waals surface area (Å²) in [7, 11) is 2.93. The fourth-order valence-corrected chi connectivity index (χ4v) is 0.723. The molecule has 12 heavy (non-hydrogen) atoms. The molecule has 0 aromatic carbocycles. The van der Waals surface area contributed by atoms with Crippen LogP contribution in [0.25, 0.3) is 0 Å². The van der Waals surface area contributed by atoms with E-state index in [-0.39, 0.29) is 0 Å². The lowest BCUT2D eigenvalue weighted by Gasteiger charge is -2.07. The van der Waals surface area contributed by atoms with Gasteiger partial charge in [0.25, 0.3) is 5.78 Å². The van der Waals surface area contributed by atoms with E-state index < -0.39 is 17.0 Å². The van der Waals surface area contributed by atoms with Crippen molar-refractivity contribution in [2.75, 3.05) is 14.1 Å². The molecule has 0 heterocycles. The number of allylic oxidation sites excluding steroid dienone is 1. The van der Waals surface area contributed by atoms with Crippen LogP contribution in [0, 0.1) is 0 Å². The molecule has 2 nitrogen and oxygen atoms in total. The first-order valence-corrected chi connectivity index (χ1v) is 3.28. The van der Waals surface area contributed by atoms with Crippen LogP contribution in [-0.2, 0) is 4.79 Å². The smallest absolute Gasteiger partial charge is 0.382 e. The minimum Gasteiger partial charge on any atom is -0.382 e. The van der Waals surface area contributed by atoms with E-state index >= 15 is 0 Å². The van der Waals surface area contributed by atoms with Gasteiger partial charge >= 0.3 is 6.18 Å². The van der Waals surface area contributed by atoms with Crippen molar-refractivity contribution in [1.29, 1.82) is 0 Å². The average Bonchev–Trinajstić information content (AvgIpc) is 1.82. The van der Waals surface area contributed by atoms with Gasteiger partial charge in [-0.15, -0.1) is 0 Å². The zero-order valence-corrected chi connectivity index (χ0v) is 7.20. The van der Waals surface area contributed by atoms with Crippen LogP contribution in [0.2, 0.25) is 0 Å². The molecule has 0 aliphatic rings. The third-order valence-corrected chi connectivity index (χ3v) is 1.12. The molecule has 0 aromatic rings. The summed E-state index contributed by atoms with van der Waals surface area (Å²) in [5.74, 6) is -2.03. The van der Waals surface area contributed by atoms with Crippen molar-refractivity contribution < 1.29 is 18.0 Å². The molecule has 0 aliphatic heterocycles. The lowest BCUT2D eigenvalue weighted by atomic mass is 10.3. The first kappa shape index (κ1) is 11.3.